The lowest BCUT2D eigenvalue weighted by Crippen LogP contribution is -2.41. The Labute approximate surface area is 150 Å². The number of halogens is 1. The molecule has 3 N–H and O–H groups in total. The van der Waals surface area contributed by atoms with Gasteiger partial charge in [0.2, 0.25) is 0 Å². The number of rotatable bonds is 8. The Hall–Kier alpha value is 0.270. The van der Waals surface area contributed by atoms with E-state index in [2.05, 4.69) is 35.7 Å². The van der Waals surface area contributed by atoms with Gasteiger partial charge in [0, 0.05) is 37.0 Å². The van der Waals surface area contributed by atoms with Gasteiger partial charge in [0.1, 0.15) is 0 Å². The van der Waals surface area contributed by atoms with Gasteiger partial charge in [-0.15, -0.1) is 24.0 Å². The van der Waals surface area contributed by atoms with Gasteiger partial charge in [0.15, 0.2) is 5.96 Å². The summed E-state index contributed by atoms with van der Waals surface area (Å²) in [7, 11) is 0. The van der Waals surface area contributed by atoms with Crippen LogP contribution >= 0.6 is 35.7 Å². The molecule has 0 aromatic heterocycles. The molecule has 1 aliphatic rings. The second kappa shape index (κ2) is 11.8. The average molecular weight is 431 g/mol. The van der Waals surface area contributed by atoms with Gasteiger partial charge in [-0.05, 0) is 26.0 Å². The van der Waals surface area contributed by atoms with Crippen molar-refractivity contribution < 1.29 is 9.84 Å². The maximum Gasteiger partial charge on any atom is 0.191 e. The third-order valence-electron chi connectivity index (χ3n) is 3.70. The lowest BCUT2D eigenvalue weighted by Gasteiger charge is -2.25. The van der Waals surface area contributed by atoms with Crippen LogP contribution in [-0.2, 0) is 4.74 Å². The first-order chi connectivity index (χ1) is 9.65. The molecule has 126 valence electrons. The van der Waals surface area contributed by atoms with Crippen LogP contribution in [0.15, 0.2) is 4.99 Å². The third-order valence-corrected chi connectivity index (χ3v) is 4.67. The molecule has 5 nitrogen and oxygen atoms in total. The van der Waals surface area contributed by atoms with Gasteiger partial charge in [-0.1, -0.05) is 6.92 Å². The van der Waals surface area contributed by atoms with Crippen molar-refractivity contribution in [3.05, 3.63) is 0 Å². The maximum absolute atomic E-state index is 9.23. The smallest absolute Gasteiger partial charge is 0.191 e. The molecule has 2 unspecified atom stereocenters. The zero-order chi connectivity index (χ0) is 14.8. The highest BCUT2D eigenvalue weighted by Gasteiger charge is 2.34. The van der Waals surface area contributed by atoms with Gasteiger partial charge in [-0.25, -0.2) is 0 Å². The lowest BCUT2D eigenvalue weighted by molar-refractivity contribution is 0.131. The van der Waals surface area contributed by atoms with Crippen LogP contribution in [0.2, 0.25) is 0 Å². The lowest BCUT2D eigenvalue weighted by atomic mass is 9.84. The van der Waals surface area contributed by atoms with Gasteiger partial charge in [0.05, 0.1) is 13.2 Å². The number of hydrogen-bond donors (Lipinski definition) is 3. The van der Waals surface area contributed by atoms with E-state index in [0.29, 0.717) is 18.4 Å². The van der Waals surface area contributed by atoms with E-state index in [0.717, 1.165) is 38.5 Å². The van der Waals surface area contributed by atoms with E-state index in [1.807, 2.05) is 11.8 Å². The minimum absolute atomic E-state index is 0. The van der Waals surface area contributed by atoms with Gasteiger partial charge < -0.3 is 20.5 Å². The van der Waals surface area contributed by atoms with E-state index in [9.17, 15) is 5.11 Å². The first kappa shape index (κ1) is 21.3. The molecule has 0 radical (unpaired) electrons. The summed E-state index contributed by atoms with van der Waals surface area (Å²) >= 11 is 1.84. The summed E-state index contributed by atoms with van der Waals surface area (Å²) in [6.07, 6.45) is 3.86. The van der Waals surface area contributed by atoms with Crippen molar-refractivity contribution in [1.82, 2.24) is 10.6 Å². The Morgan fingerprint density at radius 1 is 1.48 bits per heavy atom. The summed E-state index contributed by atoms with van der Waals surface area (Å²) in [6, 6.07) is 0. The van der Waals surface area contributed by atoms with E-state index in [4.69, 9.17) is 4.74 Å². The van der Waals surface area contributed by atoms with Crippen molar-refractivity contribution in [3.8, 4) is 0 Å². The van der Waals surface area contributed by atoms with Crippen molar-refractivity contribution in [2.45, 2.75) is 31.9 Å². The molecule has 0 aromatic carbocycles. The number of nitrogens with zero attached hydrogens (tertiary/aromatic N) is 1. The first-order valence-electron chi connectivity index (χ1n) is 7.39. The number of hydrogen-bond acceptors (Lipinski definition) is 4. The molecule has 0 saturated carbocycles. The third kappa shape index (κ3) is 7.90. The second-order valence-electron chi connectivity index (χ2n) is 5.40. The predicted octanol–water partition coefficient (Wildman–Crippen LogP) is 1.70. The van der Waals surface area contributed by atoms with Crippen molar-refractivity contribution in [1.29, 1.82) is 0 Å². The number of thioether (sulfide) groups is 1. The van der Waals surface area contributed by atoms with Crippen LogP contribution in [0, 0.1) is 5.41 Å². The normalized spacial score (nSPS) is 23.5. The Morgan fingerprint density at radius 3 is 2.76 bits per heavy atom. The zero-order valence-electron chi connectivity index (χ0n) is 13.4. The molecule has 1 aliphatic heterocycles. The molecule has 7 heteroatoms. The highest BCUT2D eigenvalue weighted by molar-refractivity contribution is 14.0. The number of aliphatic hydroxyl groups excluding tert-OH is 1. The number of aliphatic hydroxyl groups is 1. The zero-order valence-corrected chi connectivity index (χ0v) is 16.5. The van der Waals surface area contributed by atoms with Crippen molar-refractivity contribution in [3.63, 3.8) is 0 Å². The standard InChI is InChI=1S/C14H29N3O2S.HI/c1-4-15-13(16-9-12(2)20-3)17-10-14(5-7-18)6-8-19-11-14;/h12,18H,4-11H2,1-3H3,(H2,15,16,17);1H. The summed E-state index contributed by atoms with van der Waals surface area (Å²) in [5, 5.41) is 16.4. The molecule has 21 heavy (non-hydrogen) atoms. The van der Waals surface area contributed by atoms with Crippen LogP contribution < -0.4 is 10.6 Å². The molecule has 2 atom stereocenters. The predicted molar refractivity (Wildman–Crippen MR) is 102 cm³/mol. The maximum atomic E-state index is 9.23. The van der Waals surface area contributed by atoms with Crippen LogP contribution in [0.25, 0.3) is 0 Å². The summed E-state index contributed by atoms with van der Waals surface area (Å²) in [4.78, 5) is 4.69. The molecule has 1 saturated heterocycles. The largest absolute Gasteiger partial charge is 0.396 e. The fourth-order valence-corrected chi connectivity index (χ4v) is 2.45. The molecule has 1 rings (SSSR count). The van der Waals surface area contributed by atoms with Gasteiger partial charge >= 0.3 is 0 Å². The monoisotopic (exact) mass is 431 g/mol. The van der Waals surface area contributed by atoms with Crippen LogP contribution in [0.3, 0.4) is 0 Å². The van der Waals surface area contributed by atoms with Gasteiger partial charge in [0.25, 0.3) is 0 Å². The number of ether oxygens (including phenoxy) is 1. The Morgan fingerprint density at radius 2 is 2.24 bits per heavy atom. The molecule has 0 amide bonds. The van der Waals surface area contributed by atoms with Crippen LogP contribution in [-0.4, -0.2) is 62.0 Å². The fraction of sp³-hybridized carbons (Fsp3) is 0.929. The summed E-state index contributed by atoms with van der Waals surface area (Å²) in [5.74, 6) is 0.859. The molecular formula is C14H30IN3O2S. The highest BCUT2D eigenvalue weighted by Crippen LogP contribution is 2.32. The highest BCUT2D eigenvalue weighted by atomic mass is 127. The second-order valence-corrected chi connectivity index (χ2v) is 6.67. The van der Waals surface area contributed by atoms with E-state index >= 15 is 0 Å². The van der Waals surface area contributed by atoms with E-state index < -0.39 is 0 Å². The number of aliphatic imine (C=N–C) groups is 1. The molecule has 0 bridgehead atoms. The van der Waals surface area contributed by atoms with E-state index in [1.54, 1.807) is 0 Å². The Kier molecular flexibility index (Phi) is 11.9. The molecule has 0 aromatic rings. The molecule has 0 aliphatic carbocycles. The molecular weight excluding hydrogens is 401 g/mol. The topological polar surface area (TPSA) is 65.9 Å². The van der Waals surface area contributed by atoms with Crippen LogP contribution in [0.4, 0.5) is 0 Å². The van der Waals surface area contributed by atoms with E-state index in [1.165, 1.54) is 0 Å². The van der Waals surface area contributed by atoms with E-state index in [-0.39, 0.29) is 36.0 Å². The quantitative estimate of drug-likeness (QED) is 0.310. The summed E-state index contributed by atoms with van der Waals surface area (Å²) in [5.41, 5.74) is 0.0161. The molecule has 1 fully saturated rings. The number of nitrogens with one attached hydrogen (secondary N) is 2. The first-order valence-corrected chi connectivity index (χ1v) is 8.68. The van der Waals surface area contributed by atoms with Crippen LogP contribution in [0.1, 0.15) is 26.7 Å². The van der Waals surface area contributed by atoms with Crippen molar-refractivity contribution in [2.24, 2.45) is 10.4 Å². The number of guanidine groups is 1. The minimum Gasteiger partial charge on any atom is -0.396 e. The summed E-state index contributed by atoms with van der Waals surface area (Å²) < 4.78 is 5.50. The average Bonchev–Trinajstić information content (AvgIpc) is 2.91. The summed E-state index contributed by atoms with van der Waals surface area (Å²) in [6.45, 7) is 8.40. The van der Waals surface area contributed by atoms with Crippen molar-refractivity contribution in [2.75, 3.05) is 45.7 Å². The molecule has 1 heterocycles. The van der Waals surface area contributed by atoms with Crippen LogP contribution in [0.5, 0.6) is 0 Å². The SMILES string of the molecule is CCNC(=NCC1(CCO)CCOC1)NCC(C)SC.I. The molecule has 0 spiro atoms. The van der Waals surface area contributed by atoms with Crippen molar-refractivity contribution >= 4 is 41.7 Å². The minimum atomic E-state index is 0. The fourth-order valence-electron chi connectivity index (χ4n) is 2.20. The van der Waals surface area contributed by atoms with Gasteiger partial charge in [-0.2, -0.15) is 11.8 Å². The van der Waals surface area contributed by atoms with Gasteiger partial charge in [-0.3, -0.25) is 4.99 Å². The Balaban J connectivity index is 0.00000400. The Bertz CT molecular complexity index is 300.